The molecule has 0 radical (unpaired) electrons. The van der Waals surface area contributed by atoms with Gasteiger partial charge in [0.25, 0.3) is 10.1 Å². The Hall–Kier alpha value is -0.590. The molecule has 0 N–H and O–H groups in total. The lowest BCUT2D eigenvalue weighted by Crippen LogP contribution is -2.05. The fourth-order valence-corrected chi connectivity index (χ4v) is 3.51. The fraction of sp³-hybridized carbons (Fsp3) is 0.647. The second kappa shape index (κ2) is 11.9. The minimum absolute atomic E-state index is 0.213. The summed E-state index contributed by atoms with van der Waals surface area (Å²) in [5.74, 6) is -0.213. The van der Waals surface area contributed by atoms with E-state index in [4.69, 9.17) is 0 Å². The zero-order valence-electron chi connectivity index (χ0n) is 14.8. The highest BCUT2D eigenvalue weighted by molar-refractivity contribution is 8.32. The van der Waals surface area contributed by atoms with E-state index in [0.29, 0.717) is 6.42 Å². The largest absolute Gasteiger partial charge is 0.297 e. The third-order valence-electron chi connectivity index (χ3n) is 3.29. The fourth-order valence-electron chi connectivity index (χ4n) is 1.92. The van der Waals surface area contributed by atoms with Crippen LogP contribution in [-0.4, -0.2) is 32.9 Å². The molecule has 3 nitrogen and oxygen atoms in total. The third-order valence-corrected chi connectivity index (χ3v) is 5.96. The van der Waals surface area contributed by atoms with E-state index in [9.17, 15) is 12.9 Å². The normalized spacial score (nSPS) is 12.4. The first-order valence-corrected chi connectivity index (χ1v) is 12.4. The number of benzene rings is 1. The number of hydrogen-bond donors (Lipinski definition) is 0. The molecule has 1 aromatic rings. The van der Waals surface area contributed by atoms with Crippen molar-refractivity contribution in [3.63, 3.8) is 0 Å². The van der Waals surface area contributed by atoms with Crippen LogP contribution in [0.3, 0.4) is 0 Å². The van der Waals surface area contributed by atoms with Crippen LogP contribution in [0.1, 0.15) is 45.4 Å². The molecule has 0 atom stereocenters. The monoisotopic (exact) mass is 366 g/mol. The van der Waals surface area contributed by atoms with Crippen LogP contribution in [0.4, 0.5) is 4.53 Å². The van der Waals surface area contributed by atoms with Crippen molar-refractivity contribution in [2.45, 2.75) is 50.3 Å². The van der Waals surface area contributed by atoms with Crippen molar-refractivity contribution >= 4 is 20.1 Å². The molecule has 1 rings (SSSR count). The van der Waals surface area contributed by atoms with Crippen molar-refractivity contribution in [3.8, 4) is 0 Å². The van der Waals surface area contributed by atoms with Gasteiger partial charge < -0.3 is 0 Å². The summed E-state index contributed by atoms with van der Waals surface area (Å²) in [7, 11) is -4.38. The Morgan fingerprint density at radius 1 is 0.913 bits per heavy atom. The van der Waals surface area contributed by atoms with Gasteiger partial charge in [0, 0.05) is 0 Å². The highest BCUT2D eigenvalue weighted by Crippen LogP contribution is 2.44. The van der Waals surface area contributed by atoms with Gasteiger partial charge in [-0.05, 0) is 34.6 Å². The number of unbranched alkanes of at least 4 members (excludes halogenated alkanes) is 5. The Labute approximate surface area is 143 Å². The first-order valence-electron chi connectivity index (χ1n) is 7.99. The van der Waals surface area contributed by atoms with Gasteiger partial charge in [0.2, 0.25) is 0 Å². The molecule has 0 aliphatic carbocycles. The van der Waals surface area contributed by atoms with Crippen LogP contribution in [0.2, 0.25) is 0 Å². The zero-order valence-corrected chi connectivity index (χ0v) is 16.4. The van der Waals surface area contributed by atoms with E-state index in [0.717, 1.165) is 25.7 Å². The Bertz CT molecular complexity index is 496. The average Bonchev–Trinajstić information content (AvgIpc) is 2.51. The van der Waals surface area contributed by atoms with Crippen LogP contribution in [0.15, 0.2) is 35.2 Å². The van der Waals surface area contributed by atoms with Crippen LogP contribution in [0, 0.1) is 0 Å². The van der Waals surface area contributed by atoms with Crippen LogP contribution >= 0.6 is 10.0 Å². The Balaban J connectivity index is 0.000000433. The Morgan fingerprint density at radius 3 is 1.87 bits per heavy atom. The topological polar surface area (TPSA) is 43.4 Å². The van der Waals surface area contributed by atoms with E-state index < -0.39 is 20.1 Å². The summed E-state index contributed by atoms with van der Waals surface area (Å²) in [4.78, 5) is 1.48. The number of rotatable bonds is 9. The van der Waals surface area contributed by atoms with E-state index in [1.54, 1.807) is 0 Å². The molecule has 0 unspecified atom stereocenters. The summed E-state index contributed by atoms with van der Waals surface area (Å²) in [6, 6.07) is 10.7. The summed E-state index contributed by atoms with van der Waals surface area (Å²) in [6.45, 7) is 2.11. The minimum atomic E-state index is -3.88. The van der Waals surface area contributed by atoms with Gasteiger partial charge in [0.05, 0.1) is 5.75 Å². The molecule has 1 aromatic carbocycles. The molecule has 0 heterocycles. The maximum atomic E-state index is 11.3. The predicted molar refractivity (Wildman–Crippen MR) is 99.4 cm³/mol. The summed E-state index contributed by atoms with van der Waals surface area (Å²) < 4.78 is 35.1. The van der Waals surface area contributed by atoms with Gasteiger partial charge in [-0.1, -0.05) is 73.7 Å². The molecule has 0 amide bonds. The molecule has 23 heavy (non-hydrogen) atoms. The van der Waals surface area contributed by atoms with Gasteiger partial charge in [-0.2, -0.15) is 8.42 Å². The number of hydrogen-bond acceptors (Lipinski definition) is 3. The maximum Gasteiger partial charge on any atom is 0.297 e. The SMILES string of the molecule is CCCCCCCCS(=O)(=O)OF.CS(C)(C)c1ccccc1. The van der Waals surface area contributed by atoms with Crippen LogP contribution in [0.25, 0.3) is 0 Å². The lowest BCUT2D eigenvalue weighted by Gasteiger charge is -2.25. The molecule has 0 spiro atoms. The van der Waals surface area contributed by atoms with E-state index in [1.807, 2.05) is 0 Å². The smallest absolute Gasteiger partial charge is 0.223 e. The van der Waals surface area contributed by atoms with Crippen molar-refractivity contribution < 1.29 is 17.3 Å². The average molecular weight is 367 g/mol. The molecule has 0 fully saturated rings. The molecule has 0 aliphatic heterocycles. The van der Waals surface area contributed by atoms with Crippen LogP contribution < -0.4 is 0 Å². The van der Waals surface area contributed by atoms with Crippen molar-refractivity contribution in [2.24, 2.45) is 0 Å². The minimum Gasteiger partial charge on any atom is -0.223 e. The lowest BCUT2D eigenvalue weighted by atomic mass is 10.1. The second-order valence-corrected chi connectivity index (χ2v) is 12.0. The maximum absolute atomic E-state index is 11.3. The van der Waals surface area contributed by atoms with Gasteiger partial charge >= 0.3 is 0 Å². The van der Waals surface area contributed by atoms with E-state index in [-0.39, 0.29) is 5.75 Å². The lowest BCUT2D eigenvalue weighted by molar-refractivity contribution is 0.00288. The van der Waals surface area contributed by atoms with Crippen LogP contribution in [0.5, 0.6) is 0 Å². The highest BCUT2D eigenvalue weighted by Gasteiger charge is 2.10. The van der Waals surface area contributed by atoms with E-state index in [1.165, 1.54) is 11.3 Å². The standard InChI is InChI=1S/C9H14S.C8H17FO3S/c1-10(2,3)9-7-5-4-6-8-9;1-2-3-4-5-6-7-8-13(10,11)12-9/h4-8H,1-3H3;2-8H2,1H3. The molecule has 0 bridgehead atoms. The van der Waals surface area contributed by atoms with Crippen molar-refractivity contribution in [2.75, 3.05) is 24.5 Å². The number of halogens is 1. The second-order valence-electron chi connectivity index (χ2n) is 6.24. The molecule has 0 saturated carbocycles. The summed E-state index contributed by atoms with van der Waals surface area (Å²) in [6.07, 6.45) is 12.7. The zero-order chi connectivity index (χ0) is 17.8. The van der Waals surface area contributed by atoms with Gasteiger partial charge in [-0.3, -0.25) is 0 Å². The molecule has 0 aromatic heterocycles. The molecular weight excluding hydrogens is 335 g/mol. The molecule has 0 aliphatic rings. The molecule has 6 heteroatoms. The third kappa shape index (κ3) is 12.5. The van der Waals surface area contributed by atoms with Gasteiger partial charge in [0.15, 0.2) is 0 Å². The first kappa shape index (κ1) is 22.4. The Kier molecular flexibility index (Phi) is 11.6. The van der Waals surface area contributed by atoms with Crippen molar-refractivity contribution in [1.29, 1.82) is 0 Å². The predicted octanol–water partition coefficient (Wildman–Crippen LogP) is 5.32. The summed E-state index contributed by atoms with van der Waals surface area (Å²) in [5.41, 5.74) is 0. The van der Waals surface area contributed by atoms with E-state index >= 15 is 0 Å². The first-order chi connectivity index (χ1) is 10.7. The van der Waals surface area contributed by atoms with Gasteiger partial charge in [0.1, 0.15) is 0 Å². The quantitative estimate of drug-likeness (QED) is 0.556. The molecule has 0 saturated heterocycles. The van der Waals surface area contributed by atoms with Crippen molar-refractivity contribution in [1.82, 2.24) is 0 Å². The van der Waals surface area contributed by atoms with Gasteiger partial charge in [-0.25, -0.2) is 10.0 Å². The molecular formula is C17H31FO3S2. The summed E-state index contributed by atoms with van der Waals surface area (Å²) >= 11 is 0. The van der Waals surface area contributed by atoms with Crippen molar-refractivity contribution in [3.05, 3.63) is 30.3 Å². The van der Waals surface area contributed by atoms with Gasteiger partial charge in [-0.15, -0.1) is 0 Å². The highest BCUT2D eigenvalue weighted by atomic mass is 32.3. The molecule has 136 valence electrons. The Morgan fingerprint density at radius 2 is 1.43 bits per heavy atom. The van der Waals surface area contributed by atoms with E-state index in [2.05, 4.69) is 60.4 Å². The van der Waals surface area contributed by atoms with Crippen LogP contribution in [-0.2, 0) is 14.5 Å². The summed E-state index contributed by atoms with van der Waals surface area (Å²) in [5, 5.41) is 0.